The Morgan fingerprint density at radius 1 is 1.08 bits per heavy atom. The predicted molar refractivity (Wildman–Crippen MR) is 98.5 cm³/mol. The van der Waals surface area contributed by atoms with Crippen LogP contribution in [0.4, 0.5) is 5.69 Å². The summed E-state index contributed by atoms with van der Waals surface area (Å²) in [6.07, 6.45) is 3.72. The Morgan fingerprint density at radius 2 is 1.80 bits per heavy atom. The second-order valence-electron chi connectivity index (χ2n) is 5.93. The summed E-state index contributed by atoms with van der Waals surface area (Å²) in [6.45, 7) is 1.98. The Kier molecular flexibility index (Phi) is 7.01. The number of anilines is 1. The summed E-state index contributed by atoms with van der Waals surface area (Å²) in [5, 5.41) is 2.83. The van der Waals surface area contributed by atoms with Crippen molar-refractivity contribution in [3.63, 3.8) is 0 Å². The van der Waals surface area contributed by atoms with Crippen molar-refractivity contribution in [2.24, 2.45) is 5.73 Å². The van der Waals surface area contributed by atoms with Gasteiger partial charge in [-0.15, -0.1) is 0 Å². The largest absolute Gasteiger partial charge is 0.484 e. The molecule has 0 aromatic heterocycles. The van der Waals surface area contributed by atoms with Crippen molar-refractivity contribution in [3.05, 3.63) is 59.7 Å². The number of rotatable bonds is 9. The first-order chi connectivity index (χ1) is 12.1. The molecular formula is C20H24N2O3. The van der Waals surface area contributed by atoms with Gasteiger partial charge in [0.05, 0.1) is 6.42 Å². The lowest BCUT2D eigenvalue weighted by molar-refractivity contribution is -0.120. The van der Waals surface area contributed by atoms with Gasteiger partial charge in [0.15, 0.2) is 6.61 Å². The molecule has 2 amide bonds. The number of unbranched alkanes of at least 4 members (excludes halogenated alkanes) is 1. The molecule has 2 aromatic carbocycles. The smallest absolute Gasteiger partial charge is 0.255 e. The van der Waals surface area contributed by atoms with Crippen LogP contribution >= 0.6 is 0 Å². The maximum absolute atomic E-state index is 12.2. The second-order valence-corrected chi connectivity index (χ2v) is 5.93. The Hall–Kier alpha value is -2.82. The fraction of sp³-hybridized carbons (Fsp3) is 0.300. The zero-order valence-electron chi connectivity index (χ0n) is 14.5. The summed E-state index contributed by atoms with van der Waals surface area (Å²) >= 11 is 0. The van der Waals surface area contributed by atoms with Crippen LogP contribution in [0.2, 0.25) is 0 Å². The minimum atomic E-state index is -0.545. The maximum Gasteiger partial charge on any atom is 0.255 e. The van der Waals surface area contributed by atoms with E-state index in [1.807, 2.05) is 12.1 Å². The standard InChI is InChI=1S/C20H24N2O3/c1-2-3-5-15-8-10-16(11-9-15)12-20(24)22-17-6-4-7-18(13-17)25-14-19(21)23/h4,6-11,13H,2-3,5,12,14H2,1H3,(H2,21,23)(H,22,24). The number of hydrogen-bond acceptors (Lipinski definition) is 3. The first-order valence-electron chi connectivity index (χ1n) is 8.45. The van der Waals surface area contributed by atoms with Crippen LogP contribution in [0, 0.1) is 0 Å². The van der Waals surface area contributed by atoms with Gasteiger partial charge in [-0.25, -0.2) is 0 Å². The molecule has 132 valence electrons. The van der Waals surface area contributed by atoms with Crippen molar-refractivity contribution in [2.45, 2.75) is 32.6 Å². The molecule has 5 nitrogen and oxygen atoms in total. The molecule has 0 fully saturated rings. The predicted octanol–water partition coefficient (Wildman–Crippen LogP) is 3.07. The Morgan fingerprint density at radius 3 is 2.48 bits per heavy atom. The molecular weight excluding hydrogens is 316 g/mol. The van der Waals surface area contributed by atoms with Crippen molar-refractivity contribution in [1.29, 1.82) is 0 Å². The summed E-state index contributed by atoms with van der Waals surface area (Å²) in [5.74, 6) is -0.165. The number of nitrogens with one attached hydrogen (secondary N) is 1. The van der Waals surface area contributed by atoms with E-state index in [-0.39, 0.29) is 12.5 Å². The highest BCUT2D eigenvalue weighted by Crippen LogP contribution is 2.17. The van der Waals surface area contributed by atoms with E-state index in [9.17, 15) is 9.59 Å². The number of carbonyl (C=O) groups is 2. The van der Waals surface area contributed by atoms with Gasteiger partial charge >= 0.3 is 0 Å². The molecule has 0 aliphatic carbocycles. The molecule has 0 saturated heterocycles. The van der Waals surface area contributed by atoms with Crippen LogP contribution in [0.5, 0.6) is 5.75 Å². The van der Waals surface area contributed by atoms with E-state index in [0.29, 0.717) is 17.9 Å². The Balaban J connectivity index is 1.89. The van der Waals surface area contributed by atoms with Crippen molar-refractivity contribution >= 4 is 17.5 Å². The summed E-state index contributed by atoms with van der Waals surface area (Å²) in [4.78, 5) is 22.9. The average molecular weight is 340 g/mol. The number of benzene rings is 2. The third-order valence-electron chi connectivity index (χ3n) is 3.71. The lowest BCUT2D eigenvalue weighted by Gasteiger charge is -2.09. The van der Waals surface area contributed by atoms with Crippen LogP contribution in [0.3, 0.4) is 0 Å². The molecule has 2 rings (SSSR count). The van der Waals surface area contributed by atoms with Crippen LogP contribution in [0.15, 0.2) is 48.5 Å². The minimum absolute atomic E-state index is 0.103. The molecule has 3 N–H and O–H groups in total. The molecule has 0 spiro atoms. The molecule has 25 heavy (non-hydrogen) atoms. The Bertz CT molecular complexity index is 711. The van der Waals surface area contributed by atoms with Crippen LogP contribution in [0.25, 0.3) is 0 Å². The number of ether oxygens (including phenoxy) is 1. The van der Waals surface area contributed by atoms with Gasteiger partial charge in [-0.05, 0) is 36.1 Å². The van der Waals surface area contributed by atoms with E-state index < -0.39 is 5.91 Å². The molecule has 0 atom stereocenters. The van der Waals surface area contributed by atoms with Gasteiger partial charge in [0.2, 0.25) is 5.91 Å². The lowest BCUT2D eigenvalue weighted by Crippen LogP contribution is -2.20. The monoisotopic (exact) mass is 340 g/mol. The summed E-state index contributed by atoms with van der Waals surface area (Å²) < 4.78 is 5.23. The number of hydrogen-bond donors (Lipinski definition) is 2. The number of aryl methyl sites for hydroxylation is 1. The van der Waals surface area contributed by atoms with Gasteiger partial charge in [-0.2, -0.15) is 0 Å². The number of amides is 2. The summed E-state index contributed by atoms with van der Waals surface area (Å²) in [7, 11) is 0. The topological polar surface area (TPSA) is 81.4 Å². The average Bonchev–Trinajstić information content (AvgIpc) is 2.59. The van der Waals surface area contributed by atoms with Gasteiger partial charge < -0.3 is 15.8 Å². The molecule has 5 heteroatoms. The molecule has 0 aliphatic rings. The first-order valence-corrected chi connectivity index (χ1v) is 8.45. The van der Waals surface area contributed by atoms with E-state index in [1.165, 1.54) is 18.4 Å². The van der Waals surface area contributed by atoms with E-state index in [0.717, 1.165) is 12.0 Å². The fourth-order valence-corrected chi connectivity index (χ4v) is 2.41. The van der Waals surface area contributed by atoms with E-state index in [4.69, 9.17) is 10.5 Å². The van der Waals surface area contributed by atoms with Crippen LogP contribution in [0.1, 0.15) is 30.9 Å². The van der Waals surface area contributed by atoms with Crippen molar-refractivity contribution in [2.75, 3.05) is 11.9 Å². The number of carbonyl (C=O) groups excluding carboxylic acids is 2. The number of primary amides is 1. The van der Waals surface area contributed by atoms with Gasteiger partial charge in [0, 0.05) is 11.8 Å². The second kappa shape index (κ2) is 9.47. The maximum atomic E-state index is 12.2. The first kappa shape index (κ1) is 18.5. The van der Waals surface area contributed by atoms with Crippen LogP contribution in [-0.4, -0.2) is 18.4 Å². The van der Waals surface area contributed by atoms with Gasteiger partial charge in [0.25, 0.3) is 5.91 Å². The molecule has 0 saturated carbocycles. The lowest BCUT2D eigenvalue weighted by atomic mass is 10.0. The molecule has 0 unspecified atom stereocenters. The minimum Gasteiger partial charge on any atom is -0.484 e. The zero-order chi connectivity index (χ0) is 18.1. The van der Waals surface area contributed by atoms with Crippen LogP contribution in [-0.2, 0) is 22.4 Å². The van der Waals surface area contributed by atoms with Crippen LogP contribution < -0.4 is 15.8 Å². The highest BCUT2D eigenvalue weighted by atomic mass is 16.5. The summed E-state index contributed by atoms with van der Waals surface area (Å²) in [5.41, 5.74) is 7.93. The van der Waals surface area contributed by atoms with Gasteiger partial charge in [-0.1, -0.05) is 43.7 Å². The molecule has 2 aromatic rings. The fourth-order valence-electron chi connectivity index (χ4n) is 2.41. The highest BCUT2D eigenvalue weighted by molar-refractivity contribution is 5.92. The number of nitrogens with two attached hydrogens (primary N) is 1. The Labute approximate surface area is 148 Å². The molecule has 0 bridgehead atoms. The van der Waals surface area contributed by atoms with E-state index >= 15 is 0 Å². The van der Waals surface area contributed by atoms with Crippen molar-refractivity contribution in [1.82, 2.24) is 0 Å². The SMILES string of the molecule is CCCCc1ccc(CC(=O)Nc2cccc(OCC(N)=O)c2)cc1. The third kappa shape index (κ3) is 6.67. The van der Waals surface area contributed by atoms with Crippen molar-refractivity contribution in [3.8, 4) is 5.75 Å². The quantitative estimate of drug-likeness (QED) is 0.736. The van der Waals surface area contributed by atoms with Gasteiger partial charge in [0.1, 0.15) is 5.75 Å². The normalized spacial score (nSPS) is 10.3. The molecule has 0 heterocycles. The molecule has 0 radical (unpaired) electrons. The third-order valence-corrected chi connectivity index (χ3v) is 3.71. The van der Waals surface area contributed by atoms with E-state index in [1.54, 1.807) is 24.3 Å². The van der Waals surface area contributed by atoms with E-state index in [2.05, 4.69) is 24.4 Å². The summed E-state index contributed by atoms with van der Waals surface area (Å²) in [6, 6.07) is 15.0. The van der Waals surface area contributed by atoms with Crippen molar-refractivity contribution < 1.29 is 14.3 Å². The zero-order valence-corrected chi connectivity index (χ0v) is 14.5. The molecule has 0 aliphatic heterocycles. The highest BCUT2D eigenvalue weighted by Gasteiger charge is 2.06. The van der Waals surface area contributed by atoms with Gasteiger partial charge in [-0.3, -0.25) is 9.59 Å².